The second kappa shape index (κ2) is 7.99. The highest BCUT2D eigenvalue weighted by atomic mass is 32.2. The molecule has 32 heavy (non-hydrogen) atoms. The van der Waals surface area contributed by atoms with Gasteiger partial charge in [0.25, 0.3) is 10.0 Å². The Bertz CT molecular complexity index is 1330. The molecule has 2 aliphatic rings. The standard InChI is InChI=1S/C21H18N4O5S2/c1-25-15-5-3-2-4-14(15)20-18(32(25,27)28)11-22-21(24-20)31-12-19(26)23-13-6-7-16-17(10-13)30-9-8-29-16/h2-7,10-11H,8-9,12H2,1H3,(H,23,26). The molecule has 0 atom stereocenters. The minimum atomic E-state index is -3.73. The van der Waals surface area contributed by atoms with E-state index in [4.69, 9.17) is 9.47 Å². The number of rotatable bonds is 4. The number of hydrogen-bond donors (Lipinski definition) is 1. The van der Waals surface area contributed by atoms with Crippen LogP contribution in [-0.4, -0.2) is 50.3 Å². The van der Waals surface area contributed by atoms with Crippen molar-refractivity contribution in [1.82, 2.24) is 9.97 Å². The Morgan fingerprint density at radius 2 is 1.94 bits per heavy atom. The van der Waals surface area contributed by atoms with Gasteiger partial charge in [0.2, 0.25) is 5.91 Å². The molecule has 0 fully saturated rings. The molecule has 2 aromatic carbocycles. The number of thioether (sulfide) groups is 1. The van der Waals surface area contributed by atoms with Crippen molar-refractivity contribution in [3.05, 3.63) is 48.7 Å². The summed E-state index contributed by atoms with van der Waals surface area (Å²) in [7, 11) is -2.23. The average molecular weight is 471 g/mol. The average Bonchev–Trinajstić information content (AvgIpc) is 2.81. The molecule has 3 aromatic rings. The number of sulfonamides is 1. The number of para-hydroxylation sites is 1. The first-order valence-electron chi connectivity index (χ1n) is 9.71. The number of nitrogens with zero attached hydrogens (tertiary/aromatic N) is 3. The summed E-state index contributed by atoms with van der Waals surface area (Å²) < 4.78 is 37.8. The van der Waals surface area contributed by atoms with E-state index in [1.807, 2.05) is 12.1 Å². The first-order chi connectivity index (χ1) is 15.4. The molecule has 5 rings (SSSR count). The van der Waals surface area contributed by atoms with Crippen LogP contribution in [-0.2, 0) is 14.8 Å². The van der Waals surface area contributed by atoms with Crippen LogP contribution >= 0.6 is 11.8 Å². The Morgan fingerprint density at radius 3 is 2.78 bits per heavy atom. The summed E-state index contributed by atoms with van der Waals surface area (Å²) in [6, 6.07) is 12.3. The van der Waals surface area contributed by atoms with Crippen LogP contribution in [0.5, 0.6) is 11.5 Å². The number of amides is 1. The maximum Gasteiger partial charge on any atom is 0.267 e. The summed E-state index contributed by atoms with van der Waals surface area (Å²) in [6.45, 7) is 0.961. The van der Waals surface area contributed by atoms with E-state index < -0.39 is 10.0 Å². The zero-order valence-corrected chi connectivity index (χ0v) is 18.6. The van der Waals surface area contributed by atoms with Crippen LogP contribution in [0.2, 0.25) is 0 Å². The molecule has 9 nitrogen and oxygen atoms in total. The van der Waals surface area contributed by atoms with Gasteiger partial charge in [0.15, 0.2) is 16.7 Å². The Kier molecular flexibility index (Phi) is 5.14. The van der Waals surface area contributed by atoms with E-state index >= 15 is 0 Å². The van der Waals surface area contributed by atoms with Gasteiger partial charge >= 0.3 is 0 Å². The third-order valence-corrected chi connectivity index (χ3v) is 7.66. The van der Waals surface area contributed by atoms with Crippen molar-refractivity contribution < 1.29 is 22.7 Å². The Balaban J connectivity index is 1.33. The fourth-order valence-corrected chi connectivity index (χ4v) is 5.39. The van der Waals surface area contributed by atoms with E-state index in [1.54, 1.807) is 30.3 Å². The number of nitrogens with one attached hydrogen (secondary N) is 1. The number of benzene rings is 2. The largest absolute Gasteiger partial charge is 0.486 e. The Labute approximate surface area is 188 Å². The maximum absolute atomic E-state index is 12.8. The first kappa shape index (κ1) is 20.6. The summed E-state index contributed by atoms with van der Waals surface area (Å²) in [4.78, 5) is 21.1. The summed E-state index contributed by atoms with van der Waals surface area (Å²) in [5.74, 6) is 1.04. The van der Waals surface area contributed by atoms with Crippen molar-refractivity contribution in [3.8, 4) is 22.8 Å². The fraction of sp³-hybridized carbons (Fsp3) is 0.190. The number of ether oxygens (including phenoxy) is 2. The molecule has 0 saturated heterocycles. The minimum Gasteiger partial charge on any atom is -0.486 e. The van der Waals surface area contributed by atoms with E-state index in [0.717, 1.165) is 11.8 Å². The van der Waals surface area contributed by atoms with Gasteiger partial charge in [-0.3, -0.25) is 9.10 Å². The predicted octanol–water partition coefficient (Wildman–Crippen LogP) is 2.78. The van der Waals surface area contributed by atoms with Crippen LogP contribution in [0.1, 0.15) is 0 Å². The maximum atomic E-state index is 12.8. The van der Waals surface area contributed by atoms with Gasteiger partial charge in [-0.1, -0.05) is 30.0 Å². The Hall–Kier alpha value is -3.31. The molecule has 2 aliphatic heterocycles. The summed E-state index contributed by atoms with van der Waals surface area (Å²) in [6.07, 6.45) is 1.30. The van der Waals surface area contributed by atoms with Crippen molar-refractivity contribution >= 4 is 39.1 Å². The third kappa shape index (κ3) is 3.63. The molecule has 0 aliphatic carbocycles. The molecule has 1 amide bonds. The lowest BCUT2D eigenvalue weighted by molar-refractivity contribution is -0.113. The summed E-state index contributed by atoms with van der Waals surface area (Å²) >= 11 is 1.13. The van der Waals surface area contributed by atoms with Gasteiger partial charge in [-0.15, -0.1) is 0 Å². The SMILES string of the molecule is CN1c2ccccc2-c2nc(SCC(=O)Nc3ccc4c(c3)OCCO4)ncc2S1(=O)=O. The van der Waals surface area contributed by atoms with Crippen molar-refractivity contribution in [1.29, 1.82) is 0 Å². The third-order valence-electron chi connectivity index (χ3n) is 5.03. The molecular formula is C21H18N4O5S2. The van der Waals surface area contributed by atoms with E-state index in [0.29, 0.717) is 52.5 Å². The number of carbonyl (C=O) groups excluding carboxylic acids is 1. The molecule has 1 N–H and O–H groups in total. The van der Waals surface area contributed by atoms with Gasteiger partial charge < -0.3 is 14.8 Å². The smallest absolute Gasteiger partial charge is 0.267 e. The molecule has 0 saturated carbocycles. The van der Waals surface area contributed by atoms with Gasteiger partial charge in [-0.25, -0.2) is 18.4 Å². The van der Waals surface area contributed by atoms with Crippen LogP contribution in [0.25, 0.3) is 11.3 Å². The van der Waals surface area contributed by atoms with Crippen LogP contribution < -0.4 is 19.1 Å². The number of fused-ring (bicyclic) bond motifs is 4. The van der Waals surface area contributed by atoms with Crippen molar-refractivity contribution in [3.63, 3.8) is 0 Å². The Morgan fingerprint density at radius 1 is 1.16 bits per heavy atom. The van der Waals surface area contributed by atoms with Crippen LogP contribution in [0.4, 0.5) is 11.4 Å². The quantitative estimate of drug-likeness (QED) is 0.458. The van der Waals surface area contributed by atoms with Gasteiger partial charge in [0.1, 0.15) is 18.1 Å². The highest BCUT2D eigenvalue weighted by Crippen LogP contribution is 2.41. The van der Waals surface area contributed by atoms with Gasteiger partial charge in [0.05, 0.1) is 23.3 Å². The molecule has 164 valence electrons. The minimum absolute atomic E-state index is 0.0452. The normalized spacial score (nSPS) is 15.5. The monoisotopic (exact) mass is 470 g/mol. The molecule has 3 heterocycles. The highest BCUT2D eigenvalue weighted by Gasteiger charge is 2.34. The van der Waals surface area contributed by atoms with E-state index in [9.17, 15) is 13.2 Å². The molecular weight excluding hydrogens is 452 g/mol. The number of anilines is 2. The summed E-state index contributed by atoms with van der Waals surface area (Å²) in [5.41, 5.74) is 2.17. The molecule has 0 radical (unpaired) electrons. The van der Waals surface area contributed by atoms with Crippen molar-refractivity contribution in [2.75, 3.05) is 35.6 Å². The zero-order chi connectivity index (χ0) is 22.3. The van der Waals surface area contributed by atoms with E-state index in [1.165, 1.54) is 17.5 Å². The zero-order valence-electron chi connectivity index (χ0n) is 16.9. The molecule has 11 heteroatoms. The molecule has 0 unspecified atom stereocenters. The number of carbonyl (C=O) groups is 1. The fourth-order valence-electron chi connectivity index (χ4n) is 3.48. The second-order valence-corrected chi connectivity index (χ2v) is 9.93. The van der Waals surface area contributed by atoms with Crippen molar-refractivity contribution in [2.24, 2.45) is 0 Å². The first-order valence-corrected chi connectivity index (χ1v) is 12.1. The van der Waals surface area contributed by atoms with Gasteiger partial charge in [-0.2, -0.15) is 0 Å². The molecule has 1 aromatic heterocycles. The lowest BCUT2D eigenvalue weighted by atomic mass is 10.1. The van der Waals surface area contributed by atoms with E-state index in [-0.39, 0.29) is 16.6 Å². The lowest BCUT2D eigenvalue weighted by Crippen LogP contribution is -2.31. The number of hydrogen-bond acceptors (Lipinski definition) is 8. The molecule has 0 bridgehead atoms. The van der Waals surface area contributed by atoms with Gasteiger partial charge in [0, 0.05) is 24.4 Å². The highest BCUT2D eigenvalue weighted by molar-refractivity contribution is 7.99. The number of aromatic nitrogens is 2. The lowest BCUT2D eigenvalue weighted by Gasteiger charge is -2.28. The van der Waals surface area contributed by atoms with E-state index in [2.05, 4.69) is 15.3 Å². The van der Waals surface area contributed by atoms with Crippen molar-refractivity contribution in [2.45, 2.75) is 10.1 Å². The van der Waals surface area contributed by atoms with Crippen LogP contribution in [0.15, 0.2) is 58.7 Å². The van der Waals surface area contributed by atoms with Crippen LogP contribution in [0, 0.1) is 0 Å². The molecule has 0 spiro atoms. The second-order valence-electron chi connectivity index (χ2n) is 7.05. The predicted molar refractivity (Wildman–Crippen MR) is 120 cm³/mol. The van der Waals surface area contributed by atoms with Gasteiger partial charge in [-0.05, 0) is 18.2 Å². The topological polar surface area (TPSA) is 111 Å². The summed E-state index contributed by atoms with van der Waals surface area (Å²) in [5, 5.41) is 3.12. The van der Waals surface area contributed by atoms with Crippen LogP contribution in [0.3, 0.4) is 0 Å².